The Bertz CT molecular complexity index is 584. The van der Waals surface area contributed by atoms with Crippen molar-refractivity contribution in [3.05, 3.63) is 34.9 Å². The van der Waals surface area contributed by atoms with E-state index in [0.717, 1.165) is 0 Å². The smallest absolute Gasteiger partial charge is 0.471 e. The highest BCUT2D eigenvalue weighted by molar-refractivity contribution is 6.30. The lowest BCUT2D eigenvalue weighted by Crippen LogP contribution is -2.53. The molecule has 0 spiro atoms. The number of rotatable bonds is 3. The number of halogens is 4. The number of carbonyl (C=O) groups is 2. The van der Waals surface area contributed by atoms with Gasteiger partial charge in [0, 0.05) is 31.2 Å². The van der Waals surface area contributed by atoms with Gasteiger partial charge in [-0.15, -0.1) is 0 Å². The first kappa shape index (κ1) is 17.6. The number of aliphatic carboxylic acids is 1. The standard InChI is InChI=1S/C14H14ClF3N2O3/c15-10-3-1-9(2-4-10)11(12(21)22)19-5-7-20(8-6-19)13(23)14(16,17)18/h1-4,11H,5-8H2,(H,21,22). The molecular formula is C14H14ClF3N2O3. The molecule has 2 rings (SSSR count). The van der Waals surface area contributed by atoms with Crippen molar-refractivity contribution in [3.8, 4) is 0 Å². The first-order valence-corrected chi connectivity index (χ1v) is 7.16. The third kappa shape index (κ3) is 4.14. The highest BCUT2D eigenvalue weighted by Gasteiger charge is 2.44. The molecule has 0 saturated carbocycles. The van der Waals surface area contributed by atoms with Crippen LogP contribution in [0.5, 0.6) is 0 Å². The molecule has 1 amide bonds. The van der Waals surface area contributed by atoms with Gasteiger partial charge in [-0.1, -0.05) is 23.7 Å². The maximum atomic E-state index is 12.4. The third-order valence-corrected chi connectivity index (χ3v) is 3.88. The second kappa shape index (κ2) is 6.76. The van der Waals surface area contributed by atoms with Crippen molar-refractivity contribution in [1.82, 2.24) is 9.80 Å². The van der Waals surface area contributed by atoms with Gasteiger partial charge >= 0.3 is 18.1 Å². The number of piperazine rings is 1. The van der Waals surface area contributed by atoms with Gasteiger partial charge in [0.15, 0.2) is 0 Å². The molecule has 5 nitrogen and oxygen atoms in total. The average Bonchev–Trinajstić information content (AvgIpc) is 2.48. The number of carbonyl (C=O) groups excluding carboxylic acids is 1. The number of alkyl halides is 3. The van der Waals surface area contributed by atoms with Gasteiger partial charge in [0.2, 0.25) is 0 Å². The molecule has 1 aromatic rings. The van der Waals surface area contributed by atoms with E-state index in [1.54, 1.807) is 24.3 Å². The minimum Gasteiger partial charge on any atom is -0.480 e. The predicted octanol–water partition coefficient (Wildman–Crippen LogP) is 2.17. The van der Waals surface area contributed by atoms with Crippen LogP contribution in [-0.2, 0) is 9.59 Å². The van der Waals surface area contributed by atoms with Crippen molar-refractivity contribution in [1.29, 1.82) is 0 Å². The molecule has 1 saturated heterocycles. The van der Waals surface area contributed by atoms with Crippen LogP contribution in [0, 0.1) is 0 Å². The molecule has 1 heterocycles. The molecule has 1 unspecified atom stereocenters. The zero-order valence-corrected chi connectivity index (χ0v) is 12.6. The Morgan fingerprint density at radius 3 is 2.04 bits per heavy atom. The van der Waals surface area contributed by atoms with E-state index < -0.39 is 24.1 Å². The number of hydrogen-bond donors (Lipinski definition) is 1. The van der Waals surface area contributed by atoms with Crippen LogP contribution in [0.4, 0.5) is 13.2 Å². The summed E-state index contributed by atoms with van der Waals surface area (Å²) in [6.45, 7) is -0.256. The summed E-state index contributed by atoms with van der Waals surface area (Å²) in [6.07, 6.45) is -4.91. The minimum absolute atomic E-state index is 0.0431. The molecule has 0 aliphatic carbocycles. The van der Waals surface area contributed by atoms with Crippen molar-refractivity contribution in [2.75, 3.05) is 26.2 Å². The Kier molecular flexibility index (Phi) is 5.16. The van der Waals surface area contributed by atoms with E-state index in [4.69, 9.17) is 11.6 Å². The van der Waals surface area contributed by atoms with Gasteiger partial charge in [-0.2, -0.15) is 13.2 Å². The number of nitrogens with zero attached hydrogens (tertiary/aromatic N) is 2. The van der Waals surface area contributed by atoms with E-state index in [1.807, 2.05) is 0 Å². The Labute approximate surface area is 135 Å². The van der Waals surface area contributed by atoms with Crippen LogP contribution < -0.4 is 0 Å². The lowest BCUT2D eigenvalue weighted by Gasteiger charge is -2.37. The molecule has 0 radical (unpaired) electrons. The number of carboxylic acid groups (broad SMARTS) is 1. The normalized spacial score (nSPS) is 17.8. The Balaban J connectivity index is 2.08. The first-order chi connectivity index (χ1) is 10.7. The van der Waals surface area contributed by atoms with E-state index >= 15 is 0 Å². The molecule has 1 aliphatic rings. The topological polar surface area (TPSA) is 60.9 Å². The van der Waals surface area contributed by atoms with E-state index in [0.29, 0.717) is 15.5 Å². The van der Waals surface area contributed by atoms with Crippen LogP contribution in [-0.4, -0.2) is 59.1 Å². The fourth-order valence-electron chi connectivity index (χ4n) is 2.52. The molecule has 1 N–H and O–H groups in total. The highest BCUT2D eigenvalue weighted by Crippen LogP contribution is 2.25. The summed E-state index contributed by atoms with van der Waals surface area (Å²) in [5.74, 6) is -3.00. The molecule has 9 heteroatoms. The first-order valence-electron chi connectivity index (χ1n) is 6.78. The fraction of sp³-hybridized carbons (Fsp3) is 0.429. The monoisotopic (exact) mass is 350 g/mol. The maximum Gasteiger partial charge on any atom is 0.471 e. The van der Waals surface area contributed by atoms with E-state index in [1.165, 1.54) is 4.90 Å². The lowest BCUT2D eigenvalue weighted by atomic mass is 10.0. The van der Waals surface area contributed by atoms with Crippen molar-refractivity contribution < 1.29 is 27.9 Å². The molecule has 1 fully saturated rings. The van der Waals surface area contributed by atoms with E-state index in [-0.39, 0.29) is 26.2 Å². The SMILES string of the molecule is O=C(O)C(c1ccc(Cl)cc1)N1CCN(C(=O)C(F)(F)F)CC1. The zero-order chi connectivity index (χ0) is 17.2. The van der Waals surface area contributed by atoms with Crippen LogP contribution >= 0.6 is 11.6 Å². The Morgan fingerprint density at radius 1 is 1.09 bits per heavy atom. The van der Waals surface area contributed by atoms with E-state index in [9.17, 15) is 27.9 Å². The van der Waals surface area contributed by atoms with Gasteiger partial charge in [0.05, 0.1) is 0 Å². The van der Waals surface area contributed by atoms with Gasteiger partial charge in [-0.3, -0.25) is 14.5 Å². The van der Waals surface area contributed by atoms with E-state index in [2.05, 4.69) is 0 Å². The van der Waals surface area contributed by atoms with Gasteiger partial charge < -0.3 is 10.0 Å². The van der Waals surface area contributed by atoms with Crippen LogP contribution in [0.3, 0.4) is 0 Å². The molecule has 1 aliphatic heterocycles. The summed E-state index contributed by atoms with van der Waals surface area (Å²) in [7, 11) is 0. The molecule has 1 atom stereocenters. The summed E-state index contributed by atoms with van der Waals surface area (Å²) in [5.41, 5.74) is 0.484. The number of amides is 1. The van der Waals surface area contributed by atoms with Crippen LogP contribution in [0.15, 0.2) is 24.3 Å². The van der Waals surface area contributed by atoms with Crippen molar-refractivity contribution in [2.45, 2.75) is 12.2 Å². The number of benzene rings is 1. The van der Waals surface area contributed by atoms with Crippen molar-refractivity contribution >= 4 is 23.5 Å². The van der Waals surface area contributed by atoms with Crippen molar-refractivity contribution in [3.63, 3.8) is 0 Å². The van der Waals surface area contributed by atoms with Crippen molar-refractivity contribution in [2.24, 2.45) is 0 Å². The summed E-state index contributed by atoms with van der Waals surface area (Å²) >= 11 is 5.77. The average molecular weight is 351 g/mol. The molecule has 126 valence electrons. The van der Waals surface area contributed by atoms with Crippen LogP contribution in [0.1, 0.15) is 11.6 Å². The highest BCUT2D eigenvalue weighted by atomic mass is 35.5. The molecule has 23 heavy (non-hydrogen) atoms. The van der Waals surface area contributed by atoms with Gasteiger partial charge in [0.25, 0.3) is 0 Å². The predicted molar refractivity (Wildman–Crippen MR) is 76.0 cm³/mol. The summed E-state index contributed by atoms with van der Waals surface area (Å²) < 4.78 is 37.2. The summed E-state index contributed by atoms with van der Waals surface area (Å²) in [4.78, 5) is 24.9. The summed E-state index contributed by atoms with van der Waals surface area (Å²) in [5, 5.41) is 9.87. The quantitative estimate of drug-likeness (QED) is 0.907. The molecule has 0 aromatic heterocycles. The Morgan fingerprint density at radius 2 is 1.61 bits per heavy atom. The van der Waals surface area contributed by atoms with Crippen LogP contribution in [0.2, 0.25) is 5.02 Å². The largest absolute Gasteiger partial charge is 0.480 e. The number of hydrogen-bond acceptors (Lipinski definition) is 3. The number of carboxylic acids is 1. The lowest BCUT2D eigenvalue weighted by molar-refractivity contribution is -0.187. The maximum absolute atomic E-state index is 12.4. The van der Waals surface area contributed by atoms with Crippen LogP contribution in [0.25, 0.3) is 0 Å². The third-order valence-electron chi connectivity index (χ3n) is 3.63. The molecular weight excluding hydrogens is 337 g/mol. The van der Waals surface area contributed by atoms with Gasteiger partial charge in [-0.05, 0) is 17.7 Å². The summed E-state index contributed by atoms with van der Waals surface area (Å²) in [6, 6.07) is 5.24. The Hall–Kier alpha value is -1.80. The van der Waals surface area contributed by atoms with Gasteiger partial charge in [0.1, 0.15) is 6.04 Å². The second-order valence-electron chi connectivity index (χ2n) is 5.12. The fourth-order valence-corrected chi connectivity index (χ4v) is 2.64. The second-order valence-corrected chi connectivity index (χ2v) is 5.55. The van der Waals surface area contributed by atoms with Gasteiger partial charge in [-0.25, -0.2) is 0 Å². The molecule has 1 aromatic carbocycles. The molecule has 0 bridgehead atoms. The zero-order valence-electron chi connectivity index (χ0n) is 11.9. The minimum atomic E-state index is -4.91.